The molecule has 3 nitrogen and oxygen atoms in total. The van der Waals surface area contributed by atoms with Gasteiger partial charge < -0.3 is 5.32 Å². The molecule has 1 N–H and O–H groups in total. The van der Waals surface area contributed by atoms with Crippen LogP contribution < -0.4 is 5.32 Å². The molecule has 104 valence electrons. The van der Waals surface area contributed by atoms with Crippen LogP contribution in [0.4, 0.5) is 0 Å². The lowest BCUT2D eigenvalue weighted by Crippen LogP contribution is -2.44. The third-order valence-corrected chi connectivity index (χ3v) is 4.87. The minimum Gasteiger partial charge on any atom is -0.314 e. The van der Waals surface area contributed by atoms with Crippen LogP contribution in [0.15, 0.2) is 24.5 Å². The lowest BCUT2D eigenvalue weighted by molar-refractivity contribution is 0.114. The number of likely N-dealkylation sites (tertiary alicyclic amines) is 1. The van der Waals surface area contributed by atoms with Gasteiger partial charge in [0.25, 0.3) is 0 Å². The van der Waals surface area contributed by atoms with Gasteiger partial charge in [0, 0.05) is 31.0 Å². The van der Waals surface area contributed by atoms with E-state index in [1.807, 2.05) is 18.5 Å². The second-order valence-corrected chi connectivity index (χ2v) is 6.06. The molecule has 2 saturated heterocycles. The molecule has 3 heterocycles. The van der Waals surface area contributed by atoms with Crippen LogP contribution >= 0.6 is 0 Å². The molecule has 0 saturated carbocycles. The van der Waals surface area contributed by atoms with Crippen molar-refractivity contribution in [3.05, 3.63) is 30.1 Å². The summed E-state index contributed by atoms with van der Waals surface area (Å²) in [4.78, 5) is 6.90. The Morgan fingerprint density at radius 3 is 3.05 bits per heavy atom. The van der Waals surface area contributed by atoms with Crippen molar-refractivity contribution in [2.75, 3.05) is 19.6 Å². The van der Waals surface area contributed by atoms with Crippen LogP contribution in [0.1, 0.15) is 44.2 Å². The summed E-state index contributed by atoms with van der Waals surface area (Å²) in [6, 6.07) is 5.52. The van der Waals surface area contributed by atoms with Crippen LogP contribution in [0.3, 0.4) is 0 Å². The first-order chi connectivity index (χ1) is 9.34. The van der Waals surface area contributed by atoms with Gasteiger partial charge in [0.05, 0.1) is 0 Å². The minimum absolute atomic E-state index is 0.498. The highest BCUT2D eigenvalue weighted by atomic mass is 15.2. The normalized spacial score (nSPS) is 30.4. The Morgan fingerprint density at radius 2 is 2.32 bits per heavy atom. The van der Waals surface area contributed by atoms with Gasteiger partial charge in [-0.25, -0.2) is 0 Å². The van der Waals surface area contributed by atoms with Crippen molar-refractivity contribution in [1.82, 2.24) is 15.2 Å². The van der Waals surface area contributed by atoms with Crippen molar-refractivity contribution >= 4 is 0 Å². The molecule has 19 heavy (non-hydrogen) atoms. The van der Waals surface area contributed by atoms with E-state index >= 15 is 0 Å². The van der Waals surface area contributed by atoms with E-state index in [1.54, 1.807) is 0 Å². The molecule has 2 aliphatic heterocycles. The van der Waals surface area contributed by atoms with Crippen LogP contribution in [0.25, 0.3) is 0 Å². The zero-order valence-corrected chi connectivity index (χ0v) is 11.9. The highest BCUT2D eigenvalue weighted by Gasteiger charge is 2.30. The van der Waals surface area contributed by atoms with E-state index in [4.69, 9.17) is 0 Å². The average molecular weight is 259 g/mol. The minimum atomic E-state index is 0.498. The molecular weight excluding hydrogens is 234 g/mol. The fraction of sp³-hybridized carbons (Fsp3) is 0.688. The van der Waals surface area contributed by atoms with E-state index in [9.17, 15) is 0 Å². The van der Waals surface area contributed by atoms with Crippen molar-refractivity contribution in [3.63, 3.8) is 0 Å². The third-order valence-electron chi connectivity index (χ3n) is 4.87. The summed E-state index contributed by atoms with van der Waals surface area (Å²) in [5.41, 5.74) is 1.35. The molecule has 3 rings (SSSR count). The van der Waals surface area contributed by atoms with Crippen LogP contribution in [0, 0.1) is 5.92 Å². The quantitative estimate of drug-likeness (QED) is 0.904. The van der Waals surface area contributed by atoms with Crippen LogP contribution in [-0.2, 0) is 0 Å². The maximum absolute atomic E-state index is 4.26. The van der Waals surface area contributed by atoms with Gasteiger partial charge in [-0.3, -0.25) is 9.88 Å². The fourth-order valence-electron chi connectivity index (χ4n) is 3.67. The summed E-state index contributed by atoms with van der Waals surface area (Å²) in [6.07, 6.45) is 9.35. The Hall–Kier alpha value is -0.930. The van der Waals surface area contributed by atoms with Gasteiger partial charge in [-0.05, 0) is 63.2 Å². The van der Waals surface area contributed by atoms with E-state index in [1.165, 1.54) is 50.9 Å². The smallest absolute Gasteiger partial charge is 0.0335 e. The van der Waals surface area contributed by atoms with Crippen LogP contribution in [0.2, 0.25) is 0 Å². The largest absolute Gasteiger partial charge is 0.314 e. The standard InChI is InChI=1S/C16H25N3/c1-13(14-5-2-8-17-11-14)19-10-4-6-15(12-19)16-7-3-9-18-16/h2,5,8,11,13,15-16,18H,3-4,6-7,9-10,12H2,1H3. The Bertz CT molecular complexity index is 386. The van der Waals surface area contributed by atoms with Gasteiger partial charge in [0.2, 0.25) is 0 Å². The zero-order valence-electron chi connectivity index (χ0n) is 11.9. The van der Waals surface area contributed by atoms with Crippen molar-refractivity contribution < 1.29 is 0 Å². The monoisotopic (exact) mass is 259 g/mol. The van der Waals surface area contributed by atoms with Crippen LogP contribution in [-0.4, -0.2) is 35.6 Å². The molecule has 3 atom stereocenters. The first-order valence-corrected chi connectivity index (χ1v) is 7.72. The molecule has 0 bridgehead atoms. The van der Waals surface area contributed by atoms with Crippen molar-refractivity contribution in [1.29, 1.82) is 0 Å². The molecular formula is C16H25N3. The van der Waals surface area contributed by atoms with Gasteiger partial charge >= 0.3 is 0 Å². The molecule has 0 aromatic carbocycles. The number of nitrogens with one attached hydrogen (secondary N) is 1. The summed E-state index contributed by atoms with van der Waals surface area (Å²) in [5, 5.41) is 3.69. The summed E-state index contributed by atoms with van der Waals surface area (Å²) in [5.74, 6) is 0.843. The third kappa shape index (κ3) is 2.98. The number of hydrogen-bond acceptors (Lipinski definition) is 3. The molecule has 2 aliphatic rings. The molecule has 0 spiro atoms. The first kappa shape index (κ1) is 13.1. The predicted octanol–water partition coefficient (Wildman–Crippen LogP) is 2.61. The molecule has 0 radical (unpaired) electrons. The van der Waals surface area contributed by atoms with Gasteiger partial charge in [-0.1, -0.05) is 6.07 Å². The number of rotatable bonds is 3. The Labute approximate surface area is 116 Å². The maximum Gasteiger partial charge on any atom is 0.0335 e. The van der Waals surface area contributed by atoms with Crippen molar-refractivity contribution in [2.45, 2.75) is 44.7 Å². The number of piperidine rings is 1. The van der Waals surface area contributed by atoms with E-state index in [2.05, 4.69) is 28.2 Å². The van der Waals surface area contributed by atoms with Crippen LogP contribution in [0.5, 0.6) is 0 Å². The van der Waals surface area contributed by atoms with Gasteiger partial charge in [-0.2, -0.15) is 0 Å². The summed E-state index contributed by atoms with van der Waals surface area (Å²) < 4.78 is 0. The van der Waals surface area contributed by atoms with Gasteiger partial charge in [-0.15, -0.1) is 0 Å². The molecule has 1 aromatic heterocycles. The summed E-state index contributed by atoms with van der Waals surface area (Å²) in [6.45, 7) is 6.02. The number of nitrogens with zero attached hydrogens (tertiary/aromatic N) is 2. The van der Waals surface area contributed by atoms with Crippen molar-refractivity contribution in [2.24, 2.45) is 5.92 Å². The first-order valence-electron chi connectivity index (χ1n) is 7.72. The number of pyridine rings is 1. The molecule has 2 fully saturated rings. The lowest BCUT2D eigenvalue weighted by atomic mass is 9.88. The highest BCUT2D eigenvalue weighted by Crippen LogP contribution is 2.29. The Kier molecular flexibility index (Phi) is 4.14. The Balaban J connectivity index is 1.64. The van der Waals surface area contributed by atoms with Gasteiger partial charge in [0.15, 0.2) is 0 Å². The topological polar surface area (TPSA) is 28.2 Å². The maximum atomic E-state index is 4.26. The molecule has 0 amide bonds. The molecule has 0 aliphatic carbocycles. The number of hydrogen-bond donors (Lipinski definition) is 1. The zero-order chi connectivity index (χ0) is 13.1. The van der Waals surface area contributed by atoms with E-state index in [0.29, 0.717) is 6.04 Å². The predicted molar refractivity (Wildman–Crippen MR) is 78.0 cm³/mol. The molecule has 3 heteroatoms. The second kappa shape index (κ2) is 6.02. The molecule has 1 aromatic rings. The summed E-state index contributed by atoms with van der Waals surface area (Å²) in [7, 11) is 0. The van der Waals surface area contributed by atoms with Gasteiger partial charge in [0.1, 0.15) is 0 Å². The molecule has 3 unspecified atom stereocenters. The summed E-state index contributed by atoms with van der Waals surface area (Å²) >= 11 is 0. The highest BCUT2D eigenvalue weighted by molar-refractivity contribution is 5.13. The number of aromatic nitrogens is 1. The second-order valence-electron chi connectivity index (χ2n) is 6.06. The van der Waals surface area contributed by atoms with E-state index in [-0.39, 0.29) is 0 Å². The Morgan fingerprint density at radius 1 is 1.37 bits per heavy atom. The fourth-order valence-corrected chi connectivity index (χ4v) is 3.67. The van der Waals surface area contributed by atoms with E-state index < -0.39 is 0 Å². The lowest BCUT2D eigenvalue weighted by Gasteiger charge is -2.39. The van der Waals surface area contributed by atoms with E-state index in [0.717, 1.165) is 12.0 Å². The van der Waals surface area contributed by atoms with Crippen molar-refractivity contribution in [3.8, 4) is 0 Å². The SMILES string of the molecule is CC(c1cccnc1)N1CCCC(C2CCCN2)C1. The average Bonchev–Trinajstić information content (AvgIpc) is 3.02.